The summed E-state index contributed by atoms with van der Waals surface area (Å²) in [6.45, 7) is 4.05. The Morgan fingerprint density at radius 3 is 2.76 bits per heavy atom. The fraction of sp³-hybridized carbons (Fsp3) is 0.565. The van der Waals surface area contributed by atoms with Gasteiger partial charge in [0, 0.05) is 23.5 Å². The Hall–Kier alpha value is -2.21. The number of benzene rings is 1. The quantitative estimate of drug-likeness (QED) is 0.813. The molecular weight excluding hydrogens is 369 g/mol. The van der Waals surface area contributed by atoms with E-state index >= 15 is 0 Å². The maximum absolute atomic E-state index is 13.7. The molecule has 1 unspecified atom stereocenters. The van der Waals surface area contributed by atoms with Crippen molar-refractivity contribution in [3.8, 4) is 5.75 Å². The second-order valence-electron chi connectivity index (χ2n) is 8.91. The van der Waals surface area contributed by atoms with Crippen LogP contribution in [0.3, 0.4) is 0 Å². The largest absolute Gasteiger partial charge is 0.490 e. The molecule has 2 N–H and O–H groups in total. The van der Waals surface area contributed by atoms with Crippen molar-refractivity contribution in [3.05, 3.63) is 36.3 Å². The van der Waals surface area contributed by atoms with Gasteiger partial charge in [0.05, 0.1) is 11.6 Å². The van der Waals surface area contributed by atoms with Crippen molar-refractivity contribution in [1.82, 2.24) is 15.6 Å². The molecule has 2 saturated carbocycles. The van der Waals surface area contributed by atoms with Gasteiger partial charge in [-0.15, -0.1) is 0 Å². The first-order valence-electron chi connectivity index (χ1n) is 10.8. The van der Waals surface area contributed by atoms with E-state index in [1.54, 1.807) is 12.3 Å². The average molecular weight is 397 g/mol. The second-order valence-corrected chi connectivity index (χ2v) is 8.91. The number of fused-ring (bicyclic) bond motifs is 2. The van der Waals surface area contributed by atoms with Crippen LogP contribution in [0.15, 0.2) is 30.5 Å². The second kappa shape index (κ2) is 7.56. The predicted molar refractivity (Wildman–Crippen MR) is 109 cm³/mol. The Morgan fingerprint density at radius 2 is 2.00 bits per heavy atom. The molecule has 3 aliphatic rings. The molecule has 154 valence electrons. The summed E-state index contributed by atoms with van der Waals surface area (Å²) in [7, 11) is 0. The Bertz CT molecular complexity index is 902. The first-order chi connectivity index (χ1) is 14.1. The summed E-state index contributed by atoms with van der Waals surface area (Å²) >= 11 is 0. The van der Waals surface area contributed by atoms with E-state index in [1.165, 1.54) is 12.1 Å². The van der Waals surface area contributed by atoms with Crippen LogP contribution in [0.25, 0.3) is 10.9 Å². The number of aromatic nitrogens is 1. The van der Waals surface area contributed by atoms with Gasteiger partial charge in [-0.25, -0.2) is 4.39 Å². The van der Waals surface area contributed by atoms with Crippen molar-refractivity contribution < 1.29 is 13.9 Å². The molecule has 5 nitrogen and oxygen atoms in total. The van der Waals surface area contributed by atoms with E-state index < -0.39 is 0 Å². The van der Waals surface area contributed by atoms with Crippen LogP contribution in [0.2, 0.25) is 0 Å². The van der Waals surface area contributed by atoms with E-state index in [4.69, 9.17) is 4.74 Å². The van der Waals surface area contributed by atoms with Gasteiger partial charge in [0.15, 0.2) is 0 Å². The molecule has 1 amide bonds. The molecule has 2 heterocycles. The van der Waals surface area contributed by atoms with Gasteiger partial charge in [-0.2, -0.15) is 0 Å². The van der Waals surface area contributed by atoms with Crippen LogP contribution in [0.1, 0.15) is 32.6 Å². The van der Waals surface area contributed by atoms with Crippen molar-refractivity contribution >= 4 is 16.8 Å². The normalized spacial score (nSPS) is 30.0. The predicted octanol–water partition coefficient (Wildman–Crippen LogP) is 3.28. The van der Waals surface area contributed by atoms with Crippen LogP contribution in [-0.2, 0) is 4.79 Å². The summed E-state index contributed by atoms with van der Waals surface area (Å²) in [6, 6.07) is 6.73. The highest BCUT2D eigenvalue weighted by molar-refractivity contribution is 5.84. The number of hydrogen-bond acceptors (Lipinski definition) is 4. The number of nitrogens with one attached hydrogen (secondary N) is 2. The van der Waals surface area contributed by atoms with Crippen molar-refractivity contribution in [2.75, 3.05) is 13.1 Å². The van der Waals surface area contributed by atoms with Crippen LogP contribution in [0.4, 0.5) is 4.39 Å². The highest BCUT2D eigenvalue weighted by Crippen LogP contribution is 2.61. The summed E-state index contributed by atoms with van der Waals surface area (Å²) in [5.41, 5.74) is 0.744. The first kappa shape index (κ1) is 18.8. The van der Waals surface area contributed by atoms with Gasteiger partial charge in [0.25, 0.3) is 0 Å². The average Bonchev–Trinajstić information content (AvgIpc) is 3.23. The topological polar surface area (TPSA) is 63.2 Å². The third-order valence-electron chi connectivity index (χ3n) is 7.10. The van der Waals surface area contributed by atoms with Crippen LogP contribution in [0, 0.1) is 29.5 Å². The lowest BCUT2D eigenvalue weighted by atomic mass is 9.96. The summed E-state index contributed by atoms with van der Waals surface area (Å²) in [4.78, 5) is 17.0. The Balaban J connectivity index is 1.17. The minimum absolute atomic E-state index is 0.0664. The van der Waals surface area contributed by atoms with Crippen molar-refractivity contribution in [2.24, 2.45) is 23.7 Å². The number of amides is 1. The van der Waals surface area contributed by atoms with E-state index in [9.17, 15) is 9.18 Å². The maximum Gasteiger partial charge on any atom is 0.223 e. The molecule has 1 saturated heterocycles. The Morgan fingerprint density at radius 1 is 1.24 bits per heavy atom. The number of piperidine rings is 1. The van der Waals surface area contributed by atoms with Crippen LogP contribution in [0.5, 0.6) is 5.75 Å². The molecule has 1 aromatic carbocycles. The Labute approximate surface area is 170 Å². The summed E-state index contributed by atoms with van der Waals surface area (Å²) in [5.74, 6) is 2.31. The highest BCUT2D eigenvalue weighted by Gasteiger charge is 2.59. The van der Waals surface area contributed by atoms with Gasteiger partial charge in [0.1, 0.15) is 11.6 Å². The number of rotatable bonds is 5. The van der Waals surface area contributed by atoms with Crippen molar-refractivity contribution in [1.29, 1.82) is 0 Å². The van der Waals surface area contributed by atoms with Crippen LogP contribution < -0.4 is 15.4 Å². The van der Waals surface area contributed by atoms with Gasteiger partial charge in [-0.3, -0.25) is 9.78 Å². The third-order valence-corrected chi connectivity index (χ3v) is 7.10. The molecule has 1 aliphatic heterocycles. The molecule has 2 aliphatic carbocycles. The van der Waals surface area contributed by atoms with E-state index in [0.29, 0.717) is 29.5 Å². The van der Waals surface area contributed by atoms with Crippen LogP contribution in [-0.4, -0.2) is 36.1 Å². The number of halogens is 1. The van der Waals surface area contributed by atoms with E-state index in [2.05, 4.69) is 22.5 Å². The van der Waals surface area contributed by atoms with E-state index in [0.717, 1.165) is 49.7 Å². The van der Waals surface area contributed by atoms with Gasteiger partial charge in [-0.1, -0.05) is 6.92 Å². The smallest absolute Gasteiger partial charge is 0.223 e. The molecule has 5 atom stereocenters. The molecule has 0 spiro atoms. The molecule has 29 heavy (non-hydrogen) atoms. The molecule has 0 radical (unpaired) electrons. The van der Waals surface area contributed by atoms with Gasteiger partial charge in [0.2, 0.25) is 5.91 Å². The summed E-state index contributed by atoms with van der Waals surface area (Å²) < 4.78 is 19.9. The lowest BCUT2D eigenvalue weighted by molar-refractivity contribution is -0.126. The number of ether oxygens (including phenoxy) is 1. The molecule has 1 aromatic heterocycles. The van der Waals surface area contributed by atoms with E-state index in [1.807, 2.05) is 6.07 Å². The number of nitrogens with zero attached hydrogens (tertiary/aromatic N) is 1. The number of carbonyl (C=O) groups is 1. The fourth-order valence-electron chi connectivity index (χ4n) is 5.53. The van der Waals surface area contributed by atoms with Gasteiger partial charge >= 0.3 is 0 Å². The lowest BCUT2D eigenvalue weighted by Crippen LogP contribution is -2.45. The molecule has 2 aromatic rings. The van der Waals surface area contributed by atoms with Gasteiger partial charge in [-0.05, 0) is 80.8 Å². The molecule has 5 rings (SSSR count). The minimum Gasteiger partial charge on any atom is -0.490 e. The standard InChI is InChI=1S/C23H28FN3O2/c1-13(23(28)27-15-4-7-25-8-5-15)22-17-11-16(12-18(17)22)29-21-6-9-26-20-3-2-14(24)10-19(20)21/h2-3,6,9-10,13,15-18,22,25H,4-5,7-8,11-12H2,1H3,(H,27,28)/t13?,16-,17-,18+,22-. The zero-order valence-electron chi connectivity index (χ0n) is 16.7. The SMILES string of the molecule is CC(C(=O)NC1CCNCC1)[C@@H]1[C@@H]2C[C@@H](Oc3ccnc4ccc(F)cc34)C[C@@H]21. The molecular formula is C23H28FN3O2. The summed E-state index contributed by atoms with van der Waals surface area (Å²) in [5, 5.41) is 7.31. The number of carbonyl (C=O) groups excluding carboxylic acids is 1. The summed E-state index contributed by atoms with van der Waals surface area (Å²) in [6.07, 6.45) is 5.83. The number of hydrogen-bond donors (Lipinski definition) is 2. The fourth-order valence-corrected chi connectivity index (χ4v) is 5.53. The first-order valence-corrected chi connectivity index (χ1v) is 10.8. The van der Waals surface area contributed by atoms with Gasteiger partial charge < -0.3 is 15.4 Å². The van der Waals surface area contributed by atoms with Crippen LogP contribution >= 0.6 is 0 Å². The molecule has 0 bridgehead atoms. The zero-order valence-corrected chi connectivity index (χ0v) is 16.7. The molecule has 6 heteroatoms. The highest BCUT2D eigenvalue weighted by atomic mass is 19.1. The lowest BCUT2D eigenvalue weighted by Gasteiger charge is -2.26. The van der Waals surface area contributed by atoms with Crippen molar-refractivity contribution in [3.63, 3.8) is 0 Å². The minimum atomic E-state index is -0.279. The zero-order chi connectivity index (χ0) is 20.0. The monoisotopic (exact) mass is 397 g/mol. The van der Waals surface area contributed by atoms with Crippen molar-refractivity contribution in [2.45, 2.75) is 44.8 Å². The maximum atomic E-state index is 13.7. The number of pyridine rings is 1. The molecule has 3 fully saturated rings. The third kappa shape index (κ3) is 3.70. The Kier molecular flexibility index (Phi) is 4.90. The van der Waals surface area contributed by atoms with E-state index in [-0.39, 0.29) is 23.7 Å².